The molecule has 80 valence electrons. The number of aliphatic imine (C=N–C) groups is 1. The van der Waals surface area contributed by atoms with Gasteiger partial charge in [-0.3, -0.25) is 0 Å². The standard InChI is InChI=1S/C11H20N2O/c1-3-9-13-11(12-2)14-10-7-5-4-6-8-10/h3,9-10H,4-8H2,1-2H3,(H,12,13)/b9-3-. The van der Waals surface area contributed by atoms with Gasteiger partial charge in [0.25, 0.3) is 6.02 Å². The fourth-order valence-electron chi connectivity index (χ4n) is 1.65. The van der Waals surface area contributed by atoms with Gasteiger partial charge in [-0.1, -0.05) is 12.5 Å². The minimum atomic E-state index is 0.361. The van der Waals surface area contributed by atoms with E-state index < -0.39 is 0 Å². The average molecular weight is 196 g/mol. The van der Waals surface area contributed by atoms with Crippen LogP contribution in [0.25, 0.3) is 0 Å². The van der Waals surface area contributed by atoms with E-state index in [-0.39, 0.29) is 0 Å². The Balaban J connectivity index is 2.31. The first-order valence-electron chi connectivity index (χ1n) is 5.38. The Bertz CT molecular complexity index is 205. The lowest BCUT2D eigenvalue weighted by Gasteiger charge is -2.23. The summed E-state index contributed by atoms with van der Waals surface area (Å²) in [6, 6.07) is 0.634. The van der Waals surface area contributed by atoms with E-state index in [1.165, 1.54) is 19.3 Å². The Hall–Kier alpha value is -0.990. The van der Waals surface area contributed by atoms with Crippen molar-refractivity contribution in [3.05, 3.63) is 12.3 Å². The van der Waals surface area contributed by atoms with E-state index in [2.05, 4.69) is 10.3 Å². The molecule has 1 N–H and O–H groups in total. The van der Waals surface area contributed by atoms with Crippen molar-refractivity contribution in [2.24, 2.45) is 4.99 Å². The first kappa shape index (κ1) is 11.1. The van der Waals surface area contributed by atoms with Crippen LogP contribution in [0.3, 0.4) is 0 Å². The number of ether oxygens (including phenoxy) is 1. The maximum absolute atomic E-state index is 5.73. The first-order chi connectivity index (χ1) is 6.86. The Labute approximate surface area is 86.3 Å². The molecular weight excluding hydrogens is 176 g/mol. The Kier molecular flexibility index (Phi) is 5.12. The highest BCUT2D eigenvalue weighted by Gasteiger charge is 2.15. The van der Waals surface area contributed by atoms with Crippen LogP contribution in [0.4, 0.5) is 0 Å². The molecule has 0 radical (unpaired) electrons. The molecule has 0 amide bonds. The van der Waals surface area contributed by atoms with Gasteiger partial charge in [-0.25, -0.2) is 4.99 Å². The molecule has 1 fully saturated rings. The molecule has 1 aliphatic rings. The molecule has 3 heteroatoms. The lowest BCUT2D eigenvalue weighted by molar-refractivity contribution is 0.137. The molecule has 1 rings (SSSR count). The number of hydrogen-bond acceptors (Lipinski definition) is 2. The second-order valence-electron chi connectivity index (χ2n) is 3.55. The highest BCUT2D eigenvalue weighted by Crippen LogP contribution is 2.20. The van der Waals surface area contributed by atoms with Crippen LogP contribution in [0.1, 0.15) is 39.0 Å². The summed E-state index contributed by atoms with van der Waals surface area (Å²) in [4.78, 5) is 4.05. The number of hydrogen-bond donors (Lipinski definition) is 1. The molecule has 14 heavy (non-hydrogen) atoms. The van der Waals surface area contributed by atoms with Gasteiger partial charge >= 0.3 is 0 Å². The van der Waals surface area contributed by atoms with Crippen LogP contribution in [0, 0.1) is 0 Å². The number of nitrogens with zero attached hydrogens (tertiary/aromatic N) is 1. The van der Waals surface area contributed by atoms with Crippen molar-refractivity contribution >= 4 is 6.02 Å². The quantitative estimate of drug-likeness (QED) is 0.543. The summed E-state index contributed by atoms with van der Waals surface area (Å²) in [6.45, 7) is 1.96. The summed E-state index contributed by atoms with van der Waals surface area (Å²) >= 11 is 0. The maximum Gasteiger partial charge on any atom is 0.288 e. The summed E-state index contributed by atoms with van der Waals surface area (Å²) in [6.07, 6.45) is 10.4. The molecular formula is C11H20N2O. The van der Waals surface area contributed by atoms with Crippen molar-refractivity contribution in [2.45, 2.75) is 45.1 Å². The van der Waals surface area contributed by atoms with Gasteiger partial charge in [-0.2, -0.15) is 0 Å². The van der Waals surface area contributed by atoms with E-state index in [1.807, 2.05) is 19.2 Å². The fraction of sp³-hybridized carbons (Fsp3) is 0.727. The molecule has 0 aromatic heterocycles. The fourth-order valence-corrected chi connectivity index (χ4v) is 1.65. The second-order valence-corrected chi connectivity index (χ2v) is 3.55. The van der Waals surface area contributed by atoms with Gasteiger partial charge in [0.15, 0.2) is 0 Å². The predicted octanol–water partition coefficient (Wildman–Crippen LogP) is 2.44. The van der Waals surface area contributed by atoms with Gasteiger partial charge in [-0.05, 0) is 32.6 Å². The molecule has 0 unspecified atom stereocenters. The third-order valence-electron chi connectivity index (χ3n) is 2.41. The zero-order valence-corrected chi connectivity index (χ0v) is 9.12. The number of allylic oxidation sites excluding steroid dienone is 1. The Morgan fingerprint density at radius 1 is 1.36 bits per heavy atom. The van der Waals surface area contributed by atoms with Crippen molar-refractivity contribution < 1.29 is 4.74 Å². The topological polar surface area (TPSA) is 33.6 Å². The van der Waals surface area contributed by atoms with Crippen LogP contribution in [0.2, 0.25) is 0 Å². The van der Waals surface area contributed by atoms with Crippen molar-refractivity contribution in [1.29, 1.82) is 0 Å². The van der Waals surface area contributed by atoms with Crippen LogP contribution in [0.15, 0.2) is 17.3 Å². The SMILES string of the molecule is C/C=C\NC(=NC)OC1CCCCC1. The molecule has 1 aliphatic carbocycles. The van der Waals surface area contributed by atoms with E-state index >= 15 is 0 Å². The molecule has 0 aliphatic heterocycles. The van der Waals surface area contributed by atoms with Gasteiger partial charge in [0.05, 0.1) is 0 Å². The van der Waals surface area contributed by atoms with E-state index in [4.69, 9.17) is 4.74 Å². The highest BCUT2D eigenvalue weighted by atomic mass is 16.5. The lowest BCUT2D eigenvalue weighted by atomic mass is 9.98. The molecule has 0 aromatic carbocycles. The zero-order valence-electron chi connectivity index (χ0n) is 9.12. The van der Waals surface area contributed by atoms with Gasteiger partial charge in [0.1, 0.15) is 6.10 Å². The maximum atomic E-state index is 5.73. The number of rotatable bonds is 2. The second kappa shape index (κ2) is 6.46. The summed E-state index contributed by atoms with van der Waals surface area (Å²) in [7, 11) is 1.74. The van der Waals surface area contributed by atoms with E-state index in [1.54, 1.807) is 7.05 Å². The molecule has 0 spiro atoms. The third kappa shape index (κ3) is 3.81. The minimum Gasteiger partial charge on any atom is -0.462 e. The van der Waals surface area contributed by atoms with Crippen LogP contribution in [-0.2, 0) is 4.74 Å². The van der Waals surface area contributed by atoms with Crippen LogP contribution in [-0.4, -0.2) is 19.2 Å². The van der Waals surface area contributed by atoms with Crippen molar-refractivity contribution in [3.8, 4) is 0 Å². The Morgan fingerprint density at radius 3 is 2.64 bits per heavy atom. The van der Waals surface area contributed by atoms with Gasteiger partial charge in [0, 0.05) is 13.2 Å². The van der Waals surface area contributed by atoms with Crippen molar-refractivity contribution in [1.82, 2.24) is 5.32 Å². The first-order valence-corrected chi connectivity index (χ1v) is 5.38. The average Bonchev–Trinajstić information content (AvgIpc) is 2.25. The lowest BCUT2D eigenvalue weighted by Crippen LogP contribution is -2.28. The summed E-state index contributed by atoms with van der Waals surface area (Å²) in [5.74, 6) is 0. The molecule has 0 atom stereocenters. The van der Waals surface area contributed by atoms with Gasteiger partial charge in [0.2, 0.25) is 0 Å². The minimum absolute atomic E-state index is 0.361. The summed E-state index contributed by atoms with van der Waals surface area (Å²) in [5.41, 5.74) is 0. The summed E-state index contributed by atoms with van der Waals surface area (Å²) in [5, 5.41) is 3.01. The summed E-state index contributed by atoms with van der Waals surface area (Å²) < 4.78 is 5.73. The normalized spacial score (nSPS) is 20.0. The monoisotopic (exact) mass is 196 g/mol. The van der Waals surface area contributed by atoms with Crippen LogP contribution in [0.5, 0.6) is 0 Å². The van der Waals surface area contributed by atoms with Crippen LogP contribution < -0.4 is 5.32 Å². The predicted molar refractivity (Wildman–Crippen MR) is 59.3 cm³/mol. The molecule has 1 saturated carbocycles. The van der Waals surface area contributed by atoms with E-state index in [9.17, 15) is 0 Å². The number of amidine groups is 1. The molecule has 0 heterocycles. The Morgan fingerprint density at radius 2 is 2.07 bits per heavy atom. The van der Waals surface area contributed by atoms with Crippen molar-refractivity contribution in [2.75, 3.05) is 7.05 Å². The van der Waals surface area contributed by atoms with Crippen molar-refractivity contribution in [3.63, 3.8) is 0 Å². The molecule has 0 aromatic rings. The molecule has 3 nitrogen and oxygen atoms in total. The van der Waals surface area contributed by atoms with E-state index in [0.29, 0.717) is 12.1 Å². The highest BCUT2D eigenvalue weighted by molar-refractivity contribution is 5.74. The third-order valence-corrected chi connectivity index (χ3v) is 2.41. The van der Waals surface area contributed by atoms with Crippen LogP contribution >= 0.6 is 0 Å². The van der Waals surface area contributed by atoms with Gasteiger partial charge < -0.3 is 10.1 Å². The smallest absolute Gasteiger partial charge is 0.288 e. The zero-order chi connectivity index (χ0) is 10.2. The largest absolute Gasteiger partial charge is 0.462 e. The number of nitrogens with one attached hydrogen (secondary N) is 1. The molecule has 0 saturated heterocycles. The molecule has 0 bridgehead atoms. The van der Waals surface area contributed by atoms with Gasteiger partial charge in [-0.15, -0.1) is 0 Å². The van der Waals surface area contributed by atoms with E-state index in [0.717, 1.165) is 12.8 Å².